The van der Waals surface area contributed by atoms with Crippen molar-refractivity contribution in [1.29, 1.82) is 0 Å². The first kappa shape index (κ1) is 16.0. The Kier molecular flexibility index (Phi) is 5.34. The number of hydrogen-bond donors (Lipinski definition) is 2. The summed E-state index contributed by atoms with van der Waals surface area (Å²) in [5.74, 6) is -0.193. The fourth-order valence-corrected chi connectivity index (χ4v) is 3.23. The molecule has 0 radical (unpaired) electrons. The molecule has 1 aliphatic heterocycles. The third-order valence-electron chi connectivity index (χ3n) is 4.49. The lowest BCUT2D eigenvalue weighted by atomic mass is 9.74. The molecule has 0 bridgehead atoms. The van der Waals surface area contributed by atoms with E-state index >= 15 is 0 Å². The third-order valence-corrected chi connectivity index (χ3v) is 4.49. The molecule has 1 heterocycles. The first-order valence-electron chi connectivity index (χ1n) is 7.85. The Balaban J connectivity index is 2.10. The van der Waals surface area contributed by atoms with Crippen LogP contribution in [0.5, 0.6) is 0 Å². The molecule has 4 heteroatoms. The highest BCUT2D eigenvalue weighted by Gasteiger charge is 2.39. The second kappa shape index (κ2) is 7.03. The Hall–Kier alpha value is -1.42. The van der Waals surface area contributed by atoms with Gasteiger partial charge in [0.15, 0.2) is 0 Å². The summed E-state index contributed by atoms with van der Waals surface area (Å²) in [4.78, 5) is 12.7. The van der Waals surface area contributed by atoms with E-state index in [1.165, 1.54) is 6.07 Å². The number of benzene rings is 1. The van der Waals surface area contributed by atoms with Crippen molar-refractivity contribution in [3.8, 4) is 0 Å². The molecule has 2 N–H and O–H groups in total. The van der Waals surface area contributed by atoms with Gasteiger partial charge >= 0.3 is 0 Å². The molecule has 1 amide bonds. The minimum absolute atomic E-state index is 0.0709. The summed E-state index contributed by atoms with van der Waals surface area (Å²) in [5.41, 5.74) is 0.255. The molecular formula is C17H25FN2O. The molecule has 0 saturated carbocycles. The van der Waals surface area contributed by atoms with Crippen LogP contribution in [0.1, 0.15) is 51.1 Å². The quantitative estimate of drug-likeness (QED) is 0.875. The van der Waals surface area contributed by atoms with E-state index in [2.05, 4.69) is 17.6 Å². The number of amides is 1. The van der Waals surface area contributed by atoms with Crippen molar-refractivity contribution in [1.82, 2.24) is 10.6 Å². The van der Waals surface area contributed by atoms with Crippen LogP contribution in [0.2, 0.25) is 0 Å². The van der Waals surface area contributed by atoms with E-state index in [-0.39, 0.29) is 23.2 Å². The lowest BCUT2D eigenvalue weighted by molar-refractivity contribution is -0.133. The van der Waals surface area contributed by atoms with Gasteiger partial charge in [-0.3, -0.25) is 4.79 Å². The Bertz CT molecular complexity index is 478. The van der Waals surface area contributed by atoms with Crippen LogP contribution in [0.25, 0.3) is 0 Å². The van der Waals surface area contributed by atoms with Crippen molar-refractivity contribution in [3.63, 3.8) is 0 Å². The van der Waals surface area contributed by atoms with E-state index in [0.29, 0.717) is 5.56 Å². The lowest BCUT2D eigenvalue weighted by Gasteiger charge is -2.37. The van der Waals surface area contributed by atoms with Crippen LogP contribution < -0.4 is 10.6 Å². The minimum Gasteiger partial charge on any atom is -0.349 e. The highest BCUT2D eigenvalue weighted by molar-refractivity contribution is 5.83. The zero-order chi connectivity index (χ0) is 15.3. The van der Waals surface area contributed by atoms with Gasteiger partial charge in [-0.1, -0.05) is 31.5 Å². The molecule has 2 rings (SSSR count). The predicted molar refractivity (Wildman–Crippen MR) is 82.4 cm³/mol. The molecule has 0 aromatic heterocycles. The molecule has 1 saturated heterocycles. The average molecular weight is 292 g/mol. The summed E-state index contributed by atoms with van der Waals surface area (Å²) in [6.45, 7) is 5.71. The highest BCUT2D eigenvalue weighted by atomic mass is 19.1. The highest BCUT2D eigenvalue weighted by Crippen LogP contribution is 2.35. The Morgan fingerprint density at radius 3 is 2.67 bits per heavy atom. The van der Waals surface area contributed by atoms with Gasteiger partial charge in [0.05, 0.1) is 11.5 Å². The zero-order valence-electron chi connectivity index (χ0n) is 12.9. The molecular weight excluding hydrogens is 267 g/mol. The largest absolute Gasteiger partial charge is 0.349 e. The van der Waals surface area contributed by atoms with Crippen molar-refractivity contribution in [2.24, 2.45) is 5.41 Å². The van der Waals surface area contributed by atoms with E-state index in [1.807, 2.05) is 6.92 Å². The average Bonchev–Trinajstić information content (AvgIpc) is 2.48. The molecule has 3 nitrogen and oxygen atoms in total. The maximum atomic E-state index is 13.8. The minimum atomic E-state index is -0.303. The van der Waals surface area contributed by atoms with E-state index < -0.39 is 0 Å². The summed E-state index contributed by atoms with van der Waals surface area (Å²) in [7, 11) is 0. The summed E-state index contributed by atoms with van der Waals surface area (Å²) < 4.78 is 13.8. The van der Waals surface area contributed by atoms with Crippen molar-refractivity contribution in [2.75, 3.05) is 13.1 Å². The first-order valence-corrected chi connectivity index (χ1v) is 7.85. The number of rotatable bonds is 5. The number of halogens is 1. The molecule has 116 valence electrons. The Labute approximate surface area is 126 Å². The molecule has 1 aliphatic rings. The molecule has 1 aromatic rings. The summed E-state index contributed by atoms with van der Waals surface area (Å²) in [6, 6.07) is 6.33. The van der Waals surface area contributed by atoms with Crippen LogP contribution in [0, 0.1) is 11.2 Å². The second-order valence-electron chi connectivity index (χ2n) is 6.00. The number of carbonyl (C=O) groups excluding carboxylic acids is 1. The molecule has 0 unspecified atom stereocenters. The molecule has 1 aromatic carbocycles. The smallest absolute Gasteiger partial charge is 0.226 e. The third kappa shape index (κ3) is 3.62. The van der Waals surface area contributed by atoms with Crippen LogP contribution in [-0.2, 0) is 4.79 Å². The summed E-state index contributed by atoms with van der Waals surface area (Å²) >= 11 is 0. The second-order valence-corrected chi connectivity index (χ2v) is 6.00. The van der Waals surface area contributed by atoms with E-state index in [4.69, 9.17) is 0 Å². The van der Waals surface area contributed by atoms with Gasteiger partial charge in [-0.15, -0.1) is 0 Å². The molecule has 1 fully saturated rings. The van der Waals surface area contributed by atoms with Gasteiger partial charge in [0.1, 0.15) is 5.82 Å². The molecule has 0 aliphatic carbocycles. The predicted octanol–water partition coefficient (Wildman–Crippen LogP) is 3.17. The van der Waals surface area contributed by atoms with Crippen molar-refractivity contribution < 1.29 is 9.18 Å². The van der Waals surface area contributed by atoms with Crippen LogP contribution in [0.3, 0.4) is 0 Å². The van der Waals surface area contributed by atoms with Crippen LogP contribution in [0.4, 0.5) is 4.39 Å². The van der Waals surface area contributed by atoms with Crippen LogP contribution in [-0.4, -0.2) is 19.0 Å². The van der Waals surface area contributed by atoms with Gasteiger partial charge in [-0.05, 0) is 45.3 Å². The Morgan fingerprint density at radius 2 is 2.05 bits per heavy atom. The van der Waals surface area contributed by atoms with Crippen LogP contribution >= 0.6 is 0 Å². The van der Waals surface area contributed by atoms with Gasteiger partial charge in [0, 0.05) is 5.56 Å². The first-order chi connectivity index (χ1) is 10.1. The van der Waals surface area contributed by atoms with E-state index in [0.717, 1.165) is 38.8 Å². The monoisotopic (exact) mass is 292 g/mol. The fourth-order valence-electron chi connectivity index (χ4n) is 3.23. The van der Waals surface area contributed by atoms with E-state index in [1.54, 1.807) is 18.2 Å². The fraction of sp³-hybridized carbons (Fsp3) is 0.588. The zero-order valence-corrected chi connectivity index (χ0v) is 12.9. The number of carbonyl (C=O) groups is 1. The molecule has 1 atom stereocenters. The van der Waals surface area contributed by atoms with Crippen molar-refractivity contribution in [2.45, 2.75) is 45.6 Å². The van der Waals surface area contributed by atoms with Crippen LogP contribution in [0.15, 0.2) is 24.3 Å². The number of nitrogens with one attached hydrogen (secondary N) is 2. The summed E-state index contributed by atoms with van der Waals surface area (Å²) in [5, 5.41) is 6.33. The van der Waals surface area contributed by atoms with Crippen molar-refractivity contribution >= 4 is 5.91 Å². The topological polar surface area (TPSA) is 41.1 Å². The SMILES string of the molecule is CCCC1(C(=O)N[C@H](C)c2ccccc2F)CCNCC1. The van der Waals surface area contributed by atoms with Crippen molar-refractivity contribution in [3.05, 3.63) is 35.6 Å². The standard InChI is InChI=1S/C17H25FN2O/c1-3-8-17(9-11-19-12-10-17)16(21)20-13(2)14-6-4-5-7-15(14)18/h4-7,13,19H,3,8-12H2,1-2H3,(H,20,21)/t13-/m1/s1. The van der Waals surface area contributed by atoms with Gasteiger partial charge in [-0.2, -0.15) is 0 Å². The van der Waals surface area contributed by atoms with Gasteiger partial charge in [-0.25, -0.2) is 4.39 Å². The maximum Gasteiger partial charge on any atom is 0.226 e. The van der Waals surface area contributed by atoms with Gasteiger partial charge < -0.3 is 10.6 Å². The van der Waals surface area contributed by atoms with E-state index in [9.17, 15) is 9.18 Å². The number of hydrogen-bond acceptors (Lipinski definition) is 2. The van der Waals surface area contributed by atoms with Gasteiger partial charge in [0.25, 0.3) is 0 Å². The van der Waals surface area contributed by atoms with Gasteiger partial charge in [0.2, 0.25) is 5.91 Å². The lowest BCUT2D eigenvalue weighted by Crippen LogP contribution is -2.48. The summed E-state index contributed by atoms with van der Waals surface area (Å²) in [6.07, 6.45) is 3.60. The molecule has 21 heavy (non-hydrogen) atoms. The number of piperidine rings is 1. The Morgan fingerprint density at radius 1 is 1.38 bits per heavy atom. The molecule has 0 spiro atoms. The maximum absolute atomic E-state index is 13.8. The normalized spacial score (nSPS) is 19.0.